The first-order chi connectivity index (χ1) is 16.2. The second-order valence-corrected chi connectivity index (χ2v) is 9.30. The van der Waals surface area contributed by atoms with Gasteiger partial charge in [-0.15, -0.1) is 0 Å². The molecule has 6 heteroatoms. The van der Waals surface area contributed by atoms with Crippen molar-refractivity contribution in [1.29, 1.82) is 0 Å². The average Bonchev–Trinajstić information content (AvgIpc) is 3.08. The number of carbonyl (C=O) groups excluding carboxylic acids is 2. The van der Waals surface area contributed by atoms with Gasteiger partial charge in [-0.3, -0.25) is 9.59 Å². The van der Waals surface area contributed by atoms with Crippen LogP contribution in [0.5, 0.6) is 5.75 Å². The molecule has 1 unspecified atom stereocenters. The molecular weight excluding hydrogens is 428 g/mol. The van der Waals surface area contributed by atoms with Gasteiger partial charge in [0.2, 0.25) is 0 Å². The van der Waals surface area contributed by atoms with Gasteiger partial charge in [0.25, 0.3) is 11.7 Å². The van der Waals surface area contributed by atoms with Crippen LogP contribution in [0.4, 0.5) is 5.69 Å². The first-order valence-electron chi connectivity index (χ1n) is 11.9. The highest BCUT2D eigenvalue weighted by Gasteiger charge is 2.45. The summed E-state index contributed by atoms with van der Waals surface area (Å²) in [6.45, 7) is 6.65. The molecule has 1 aliphatic heterocycles. The standard InChI is InChI=1S/C28H36N2O4/c1-7-8-9-16-30-25(19-10-13-21(14-11-19)29(4)5)24(27(32)28(30)33)26(31)20-12-15-23(34-6)22(17-20)18(2)3/h10-15,17-18,25,31H,7-9,16H2,1-6H3/b26-24-. The Kier molecular flexibility index (Phi) is 8.02. The number of Topliss-reactive ketones (excluding diaryl/α,β-unsaturated/α-hetero) is 1. The molecular formula is C28H36N2O4. The Morgan fingerprint density at radius 3 is 2.32 bits per heavy atom. The van der Waals surface area contributed by atoms with E-state index < -0.39 is 17.7 Å². The van der Waals surface area contributed by atoms with Gasteiger partial charge in [0, 0.05) is 31.9 Å². The first-order valence-corrected chi connectivity index (χ1v) is 11.9. The van der Waals surface area contributed by atoms with Crippen LogP contribution in [0.25, 0.3) is 5.76 Å². The van der Waals surface area contributed by atoms with Crippen LogP contribution in [0, 0.1) is 0 Å². The molecule has 1 amide bonds. The van der Waals surface area contributed by atoms with E-state index in [-0.39, 0.29) is 17.3 Å². The van der Waals surface area contributed by atoms with Crippen molar-refractivity contribution in [2.45, 2.75) is 52.0 Å². The number of benzene rings is 2. The zero-order valence-electron chi connectivity index (χ0n) is 21.1. The van der Waals surface area contributed by atoms with Crippen LogP contribution in [0.1, 0.15) is 68.7 Å². The van der Waals surface area contributed by atoms with Gasteiger partial charge in [0.05, 0.1) is 18.7 Å². The zero-order valence-corrected chi connectivity index (χ0v) is 21.1. The maximum atomic E-state index is 13.2. The van der Waals surface area contributed by atoms with Gasteiger partial charge in [-0.2, -0.15) is 0 Å². The van der Waals surface area contributed by atoms with Gasteiger partial charge in [0.1, 0.15) is 11.5 Å². The lowest BCUT2D eigenvalue weighted by molar-refractivity contribution is -0.139. The van der Waals surface area contributed by atoms with Crippen LogP contribution >= 0.6 is 0 Å². The van der Waals surface area contributed by atoms with Crippen LogP contribution in [0.15, 0.2) is 48.0 Å². The van der Waals surface area contributed by atoms with Crippen LogP contribution in [0.2, 0.25) is 0 Å². The number of rotatable bonds is 9. The molecule has 2 aromatic rings. The van der Waals surface area contributed by atoms with Crippen LogP contribution in [0.3, 0.4) is 0 Å². The molecule has 1 heterocycles. The van der Waals surface area contributed by atoms with E-state index in [9.17, 15) is 14.7 Å². The van der Waals surface area contributed by atoms with Crippen molar-refractivity contribution in [1.82, 2.24) is 4.90 Å². The van der Waals surface area contributed by atoms with Crippen molar-refractivity contribution in [3.05, 3.63) is 64.7 Å². The zero-order chi connectivity index (χ0) is 25.0. The Morgan fingerprint density at radius 1 is 1.09 bits per heavy atom. The summed E-state index contributed by atoms with van der Waals surface area (Å²) in [6, 6.07) is 12.5. The highest BCUT2D eigenvalue weighted by Crippen LogP contribution is 2.41. The molecule has 1 N–H and O–H groups in total. The summed E-state index contributed by atoms with van der Waals surface area (Å²) in [5, 5.41) is 11.4. The third-order valence-corrected chi connectivity index (χ3v) is 6.39. The number of ether oxygens (including phenoxy) is 1. The number of aliphatic hydroxyl groups is 1. The molecule has 0 spiro atoms. The van der Waals surface area contributed by atoms with Crippen LogP contribution in [-0.2, 0) is 9.59 Å². The monoisotopic (exact) mass is 464 g/mol. The summed E-state index contributed by atoms with van der Waals surface area (Å²) in [7, 11) is 5.53. The fourth-order valence-electron chi connectivity index (χ4n) is 4.43. The van der Waals surface area contributed by atoms with E-state index in [4.69, 9.17) is 4.74 Å². The van der Waals surface area contributed by atoms with E-state index in [2.05, 4.69) is 6.92 Å². The normalized spacial score (nSPS) is 17.5. The predicted molar refractivity (Wildman–Crippen MR) is 136 cm³/mol. The van der Waals surface area contributed by atoms with E-state index in [1.807, 2.05) is 63.2 Å². The van der Waals surface area contributed by atoms with Crippen molar-refractivity contribution < 1.29 is 19.4 Å². The number of hydrogen-bond acceptors (Lipinski definition) is 5. The molecule has 0 bridgehead atoms. The predicted octanol–water partition coefficient (Wildman–Crippen LogP) is 5.50. The number of hydrogen-bond donors (Lipinski definition) is 1. The number of aliphatic hydroxyl groups excluding tert-OH is 1. The number of amides is 1. The number of carbonyl (C=O) groups is 2. The Hall–Kier alpha value is -3.28. The first kappa shape index (κ1) is 25.3. The van der Waals surface area contributed by atoms with Crippen molar-refractivity contribution in [2.24, 2.45) is 0 Å². The number of methoxy groups -OCH3 is 1. The van der Waals surface area contributed by atoms with Crippen LogP contribution < -0.4 is 9.64 Å². The maximum Gasteiger partial charge on any atom is 0.295 e. The summed E-state index contributed by atoms with van der Waals surface area (Å²) < 4.78 is 5.47. The minimum Gasteiger partial charge on any atom is -0.507 e. The summed E-state index contributed by atoms with van der Waals surface area (Å²) in [5.74, 6) is -0.465. The highest BCUT2D eigenvalue weighted by atomic mass is 16.5. The summed E-state index contributed by atoms with van der Waals surface area (Å²) in [5.41, 5.74) is 3.39. The molecule has 1 atom stereocenters. The van der Waals surface area contributed by atoms with Crippen molar-refractivity contribution >= 4 is 23.1 Å². The molecule has 34 heavy (non-hydrogen) atoms. The number of anilines is 1. The number of likely N-dealkylation sites (tertiary alicyclic amines) is 1. The minimum absolute atomic E-state index is 0.138. The molecule has 0 saturated carbocycles. The molecule has 0 radical (unpaired) electrons. The lowest BCUT2D eigenvalue weighted by atomic mass is 9.93. The molecule has 6 nitrogen and oxygen atoms in total. The Balaban J connectivity index is 2.15. The molecule has 182 valence electrons. The molecule has 0 aromatic heterocycles. The average molecular weight is 465 g/mol. The molecule has 2 aromatic carbocycles. The van der Waals surface area contributed by atoms with Gasteiger partial charge in [0.15, 0.2) is 0 Å². The van der Waals surface area contributed by atoms with E-state index in [0.29, 0.717) is 12.1 Å². The summed E-state index contributed by atoms with van der Waals surface area (Å²) in [6.07, 6.45) is 2.78. The summed E-state index contributed by atoms with van der Waals surface area (Å²) in [4.78, 5) is 29.9. The lowest BCUT2D eigenvalue weighted by Gasteiger charge is -2.26. The molecule has 1 saturated heterocycles. The second-order valence-electron chi connectivity index (χ2n) is 9.30. The maximum absolute atomic E-state index is 13.2. The summed E-state index contributed by atoms with van der Waals surface area (Å²) >= 11 is 0. The van der Waals surface area contributed by atoms with Gasteiger partial charge in [-0.1, -0.05) is 45.7 Å². The topological polar surface area (TPSA) is 70.1 Å². The Morgan fingerprint density at radius 2 is 1.76 bits per heavy atom. The molecule has 3 rings (SSSR count). The van der Waals surface area contributed by atoms with Gasteiger partial charge < -0.3 is 19.6 Å². The smallest absolute Gasteiger partial charge is 0.295 e. The fraction of sp³-hybridized carbons (Fsp3) is 0.429. The highest BCUT2D eigenvalue weighted by molar-refractivity contribution is 6.46. The van der Waals surface area contributed by atoms with Crippen molar-refractivity contribution in [3.63, 3.8) is 0 Å². The third-order valence-electron chi connectivity index (χ3n) is 6.39. The number of nitrogens with zero attached hydrogens (tertiary/aromatic N) is 2. The number of unbranched alkanes of at least 4 members (excludes halogenated alkanes) is 2. The molecule has 1 fully saturated rings. The van der Waals surface area contributed by atoms with Gasteiger partial charge in [-0.25, -0.2) is 0 Å². The Labute approximate surface area is 202 Å². The molecule has 1 aliphatic rings. The lowest BCUT2D eigenvalue weighted by Crippen LogP contribution is -2.30. The largest absolute Gasteiger partial charge is 0.507 e. The fourth-order valence-corrected chi connectivity index (χ4v) is 4.43. The third kappa shape index (κ3) is 4.96. The quantitative estimate of drug-likeness (QED) is 0.230. The van der Waals surface area contributed by atoms with Crippen molar-refractivity contribution in [3.8, 4) is 5.75 Å². The SMILES string of the molecule is CCCCCN1C(=O)C(=O)/C(=C(\O)c2ccc(OC)c(C(C)C)c2)C1c1ccc(N(C)C)cc1. The second kappa shape index (κ2) is 10.8. The van der Waals surface area contributed by atoms with Gasteiger partial charge in [-0.05, 0) is 53.8 Å². The Bertz CT molecular complexity index is 1070. The van der Waals surface area contributed by atoms with Crippen LogP contribution in [-0.4, -0.2) is 49.4 Å². The minimum atomic E-state index is -0.641. The number of ketones is 1. The van der Waals surface area contributed by atoms with Gasteiger partial charge >= 0.3 is 0 Å². The van der Waals surface area contributed by atoms with E-state index in [1.54, 1.807) is 24.1 Å². The van der Waals surface area contributed by atoms with E-state index in [1.165, 1.54) is 0 Å². The van der Waals surface area contributed by atoms with Crippen molar-refractivity contribution in [2.75, 3.05) is 32.6 Å². The van der Waals surface area contributed by atoms with E-state index >= 15 is 0 Å². The van der Waals surface area contributed by atoms with E-state index in [0.717, 1.165) is 41.8 Å². The molecule has 0 aliphatic carbocycles.